The molecular formula is C22H27N7O. The number of nitrogens with zero attached hydrogens (tertiary/aromatic N) is 5. The Morgan fingerprint density at radius 2 is 1.97 bits per heavy atom. The van der Waals surface area contributed by atoms with Crippen LogP contribution in [0, 0.1) is 5.41 Å². The van der Waals surface area contributed by atoms with Gasteiger partial charge in [-0.1, -0.05) is 56.8 Å². The Bertz CT molecular complexity index is 1080. The van der Waals surface area contributed by atoms with E-state index in [1.54, 1.807) is 17.1 Å². The summed E-state index contributed by atoms with van der Waals surface area (Å²) in [6, 6.07) is 8.06. The summed E-state index contributed by atoms with van der Waals surface area (Å²) in [5, 5.41) is 8.43. The molecule has 0 radical (unpaired) electrons. The number of hydrogen-bond acceptors (Lipinski definition) is 7. The minimum absolute atomic E-state index is 0.0662. The Hall–Kier alpha value is -3.68. The molecular weight excluding hydrogens is 378 g/mol. The lowest BCUT2D eigenvalue weighted by Crippen LogP contribution is -2.21. The van der Waals surface area contributed by atoms with Crippen LogP contribution < -0.4 is 11.5 Å². The van der Waals surface area contributed by atoms with Gasteiger partial charge in [-0.2, -0.15) is 10.1 Å². The lowest BCUT2D eigenvalue weighted by Gasteiger charge is -2.28. The van der Waals surface area contributed by atoms with Crippen LogP contribution in [0.2, 0.25) is 0 Å². The van der Waals surface area contributed by atoms with Crippen molar-refractivity contribution >= 4 is 11.8 Å². The van der Waals surface area contributed by atoms with E-state index in [-0.39, 0.29) is 17.2 Å². The standard InChI is InChI=1S/C22H27N7O/c1-14(24)25-11-17(10-23)15-6-8-16(9-7-15)19(22(2,3)4)20-27-21(30-28-20)18-12-26-29(5)13-18/h6-13,19H,1,23-24H2,2-5H3/b17-10+,25-11?/t19-/m1/s1. The predicted octanol–water partition coefficient (Wildman–Crippen LogP) is 3.45. The molecule has 8 heteroatoms. The lowest BCUT2D eigenvalue weighted by molar-refractivity contribution is 0.332. The van der Waals surface area contributed by atoms with Gasteiger partial charge >= 0.3 is 0 Å². The monoisotopic (exact) mass is 405 g/mol. The van der Waals surface area contributed by atoms with Crippen LogP contribution in [0.15, 0.2) is 64.8 Å². The van der Waals surface area contributed by atoms with Crippen LogP contribution in [0.3, 0.4) is 0 Å². The number of aryl methyl sites for hydroxylation is 1. The van der Waals surface area contributed by atoms with Crippen molar-refractivity contribution in [2.75, 3.05) is 0 Å². The summed E-state index contributed by atoms with van der Waals surface area (Å²) in [6.45, 7) is 10.0. The summed E-state index contributed by atoms with van der Waals surface area (Å²) >= 11 is 0. The molecule has 0 bridgehead atoms. The van der Waals surface area contributed by atoms with Gasteiger partial charge in [0.15, 0.2) is 5.82 Å². The van der Waals surface area contributed by atoms with E-state index < -0.39 is 0 Å². The van der Waals surface area contributed by atoms with E-state index >= 15 is 0 Å². The summed E-state index contributed by atoms with van der Waals surface area (Å²) in [7, 11) is 1.85. The smallest absolute Gasteiger partial charge is 0.261 e. The molecule has 3 aromatic rings. The van der Waals surface area contributed by atoms with Crippen LogP contribution in [0.1, 0.15) is 43.6 Å². The highest BCUT2D eigenvalue weighted by Crippen LogP contribution is 2.40. The van der Waals surface area contributed by atoms with Crippen molar-refractivity contribution in [1.29, 1.82) is 0 Å². The van der Waals surface area contributed by atoms with E-state index in [0.717, 1.165) is 22.3 Å². The Morgan fingerprint density at radius 3 is 2.50 bits per heavy atom. The molecule has 0 unspecified atom stereocenters. The molecule has 2 aromatic heterocycles. The molecule has 0 saturated carbocycles. The number of hydrogen-bond donors (Lipinski definition) is 2. The van der Waals surface area contributed by atoms with Crippen LogP contribution in [-0.4, -0.2) is 26.1 Å². The number of rotatable bonds is 6. The second-order valence-corrected chi connectivity index (χ2v) is 8.15. The van der Waals surface area contributed by atoms with E-state index in [9.17, 15) is 0 Å². The zero-order valence-electron chi connectivity index (χ0n) is 17.7. The second kappa shape index (κ2) is 8.36. The fourth-order valence-electron chi connectivity index (χ4n) is 3.27. The van der Waals surface area contributed by atoms with Gasteiger partial charge in [0.05, 0.1) is 17.7 Å². The number of aliphatic imine (C=N–C) groups is 1. The minimum atomic E-state index is -0.136. The van der Waals surface area contributed by atoms with Crippen molar-refractivity contribution in [3.63, 3.8) is 0 Å². The average Bonchev–Trinajstić information content (AvgIpc) is 3.31. The van der Waals surface area contributed by atoms with Crippen LogP contribution in [0.25, 0.3) is 17.0 Å². The Kier molecular flexibility index (Phi) is 5.86. The van der Waals surface area contributed by atoms with Gasteiger partial charge in [-0.25, -0.2) is 4.99 Å². The molecule has 2 heterocycles. The fraction of sp³-hybridized carbons (Fsp3) is 0.273. The molecule has 30 heavy (non-hydrogen) atoms. The first-order chi connectivity index (χ1) is 14.2. The summed E-state index contributed by atoms with van der Waals surface area (Å²) in [4.78, 5) is 8.67. The second-order valence-electron chi connectivity index (χ2n) is 8.15. The van der Waals surface area contributed by atoms with E-state index in [1.165, 1.54) is 6.20 Å². The summed E-state index contributed by atoms with van der Waals surface area (Å²) in [5.41, 5.74) is 14.6. The van der Waals surface area contributed by atoms with E-state index in [2.05, 4.69) is 47.6 Å². The zero-order chi connectivity index (χ0) is 21.9. The highest BCUT2D eigenvalue weighted by atomic mass is 16.5. The van der Waals surface area contributed by atoms with Gasteiger partial charge in [-0.05, 0) is 16.5 Å². The summed E-state index contributed by atoms with van der Waals surface area (Å²) in [5.74, 6) is 1.24. The maximum Gasteiger partial charge on any atom is 0.261 e. The zero-order valence-corrected chi connectivity index (χ0v) is 17.7. The molecule has 8 nitrogen and oxygen atoms in total. The molecule has 0 amide bonds. The summed E-state index contributed by atoms with van der Waals surface area (Å²) < 4.78 is 7.22. The molecule has 0 fully saturated rings. The van der Waals surface area contributed by atoms with Crippen molar-refractivity contribution in [3.8, 4) is 11.5 Å². The van der Waals surface area contributed by atoms with Crippen molar-refractivity contribution in [3.05, 3.63) is 72.2 Å². The van der Waals surface area contributed by atoms with Crippen molar-refractivity contribution in [2.45, 2.75) is 26.7 Å². The molecule has 0 spiro atoms. The van der Waals surface area contributed by atoms with Crippen LogP contribution in [0.5, 0.6) is 0 Å². The van der Waals surface area contributed by atoms with Crippen molar-refractivity contribution in [2.24, 2.45) is 28.9 Å². The summed E-state index contributed by atoms with van der Waals surface area (Å²) in [6.07, 6.45) is 6.63. The van der Waals surface area contributed by atoms with Gasteiger partial charge in [-0.3, -0.25) is 4.68 Å². The van der Waals surface area contributed by atoms with Crippen LogP contribution in [0.4, 0.5) is 0 Å². The normalized spacial score (nSPS) is 13.7. The largest absolute Gasteiger partial charge is 0.404 e. The van der Waals surface area contributed by atoms with Crippen molar-refractivity contribution < 1.29 is 4.52 Å². The van der Waals surface area contributed by atoms with Crippen molar-refractivity contribution in [1.82, 2.24) is 19.9 Å². The molecule has 156 valence electrons. The molecule has 1 aromatic carbocycles. The molecule has 0 aliphatic heterocycles. The molecule has 0 aliphatic rings. The third-order valence-electron chi connectivity index (χ3n) is 4.64. The average molecular weight is 406 g/mol. The van der Waals surface area contributed by atoms with E-state index in [0.29, 0.717) is 11.7 Å². The van der Waals surface area contributed by atoms with Gasteiger partial charge in [0.2, 0.25) is 0 Å². The Labute approximate surface area is 176 Å². The van der Waals surface area contributed by atoms with Crippen LogP contribution >= 0.6 is 0 Å². The molecule has 4 N–H and O–H groups in total. The Morgan fingerprint density at radius 1 is 1.27 bits per heavy atom. The highest BCUT2D eigenvalue weighted by molar-refractivity contribution is 6.09. The maximum atomic E-state index is 5.75. The van der Waals surface area contributed by atoms with E-state index in [1.807, 2.05) is 37.5 Å². The number of aromatic nitrogens is 4. The van der Waals surface area contributed by atoms with Gasteiger partial charge in [-0.15, -0.1) is 0 Å². The Balaban J connectivity index is 1.94. The third kappa shape index (κ3) is 4.65. The number of allylic oxidation sites excluding steroid dienone is 1. The topological polar surface area (TPSA) is 121 Å². The first kappa shape index (κ1) is 21.0. The number of nitrogens with two attached hydrogens (primary N) is 2. The maximum absolute atomic E-state index is 5.75. The SMILES string of the molecule is C=C(N)N=C/C(=C\N)c1ccc([C@H](c2noc(-c3cnn(C)c3)n2)C(C)(C)C)cc1. The highest BCUT2D eigenvalue weighted by Gasteiger charge is 2.32. The quantitative estimate of drug-likeness (QED) is 0.606. The van der Waals surface area contributed by atoms with Gasteiger partial charge in [0.1, 0.15) is 5.82 Å². The third-order valence-corrected chi connectivity index (χ3v) is 4.64. The number of benzene rings is 1. The molecule has 1 atom stereocenters. The van der Waals surface area contributed by atoms with Crippen LogP contribution in [-0.2, 0) is 7.05 Å². The predicted molar refractivity (Wildman–Crippen MR) is 118 cm³/mol. The molecule has 0 saturated heterocycles. The van der Waals surface area contributed by atoms with Gasteiger partial charge in [0, 0.05) is 31.2 Å². The minimum Gasteiger partial charge on any atom is -0.404 e. The fourth-order valence-corrected chi connectivity index (χ4v) is 3.27. The van der Waals surface area contributed by atoms with Gasteiger partial charge in [0.25, 0.3) is 5.89 Å². The first-order valence-electron chi connectivity index (χ1n) is 9.52. The first-order valence-corrected chi connectivity index (χ1v) is 9.52. The molecule has 0 aliphatic carbocycles. The lowest BCUT2D eigenvalue weighted by atomic mass is 9.76. The van der Waals surface area contributed by atoms with E-state index in [4.69, 9.17) is 16.0 Å². The molecule has 3 rings (SSSR count). The van der Waals surface area contributed by atoms with Gasteiger partial charge < -0.3 is 16.0 Å².